The van der Waals surface area contributed by atoms with Crippen molar-refractivity contribution in [1.82, 2.24) is 10.6 Å². The van der Waals surface area contributed by atoms with Crippen molar-refractivity contribution in [2.24, 2.45) is 11.3 Å². The van der Waals surface area contributed by atoms with Gasteiger partial charge in [-0.2, -0.15) is 0 Å². The molecule has 1 amide bonds. The zero-order valence-corrected chi connectivity index (χ0v) is 13.0. The molecule has 5 heteroatoms. The highest BCUT2D eigenvalue weighted by Gasteiger charge is 2.34. The second-order valence-corrected chi connectivity index (χ2v) is 6.49. The number of carbonyl (C=O) groups excluding carboxylic acids is 1. The number of rotatable bonds is 3. The average molecular weight is 291 g/mol. The van der Waals surface area contributed by atoms with Crippen molar-refractivity contribution in [3.8, 4) is 0 Å². The number of ether oxygens (including phenoxy) is 1. The fourth-order valence-electron chi connectivity index (χ4n) is 3.01. The lowest BCUT2D eigenvalue weighted by Gasteiger charge is -2.34. The molecule has 0 aromatic heterocycles. The van der Waals surface area contributed by atoms with Gasteiger partial charge >= 0.3 is 0 Å². The van der Waals surface area contributed by atoms with E-state index in [-0.39, 0.29) is 36.4 Å². The largest absolute Gasteiger partial charge is 0.378 e. The second kappa shape index (κ2) is 6.91. The number of methoxy groups -OCH3 is 1. The van der Waals surface area contributed by atoms with E-state index in [1.54, 1.807) is 7.11 Å². The van der Waals surface area contributed by atoms with E-state index < -0.39 is 0 Å². The van der Waals surface area contributed by atoms with Crippen LogP contribution in [0.15, 0.2) is 0 Å². The summed E-state index contributed by atoms with van der Waals surface area (Å²) in [6.07, 6.45) is 4.48. The maximum atomic E-state index is 12.2. The minimum Gasteiger partial charge on any atom is -0.378 e. The van der Waals surface area contributed by atoms with Crippen LogP contribution in [0.4, 0.5) is 0 Å². The van der Waals surface area contributed by atoms with E-state index >= 15 is 0 Å². The number of carbonyl (C=O) groups is 1. The molecule has 0 aromatic rings. The van der Waals surface area contributed by atoms with Crippen molar-refractivity contribution in [1.29, 1.82) is 0 Å². The van der Waals surface area contributed by atoms with Gasteiger partial charge in [-0.05, 0) is 31.1 Å². The van der Waals surface area contributed by atoms with Gasteiger partial charge in [0.15, 0.2) is 0 Å². The summed E-state index contributed by atoms with van der Waals surface area (Å²) in [5, 5.41) is 6.41. The van der Waals surface area contributed by atoms with Crippen molar-refractivity contribution >= 4 is 18.3 Å². The normalized spacial score (nSPS) is 30.7. The third-order valence-electron chi connectivity index (χ3n) is 4.50. The van der Waals surface area contributed by atoms with Crippen LogP contribution in [-0.2, 0) is 9.53 Å². The van der Waals surface area contributed by atoms with Crippen LogP contribution >= 0.6 is 12.4 Å². The zero-order chi connectivity index (χ0) is 13.2. The molecule has 0 aromatic carbocycles. The van der Waals surface area contributed by atoms with Gasteiger partial charge in [0.25, 0.3) is 0 Å². The summed E-state index contributed by atoms with van der Waals surface area (Å²) in [5.74, 6) is 0.428. The first-order valence-corrected chi connectivity index (χ1v) is 7.06. The molecule has 1 saturated heterocycles. The highest BCUT2D eigenvalue weighted by molar-refractivity contribution is 5.85. The summed E-state index contributed by atoms with van der Waals surface area (Å²) < 4.78 is 5.37. The van der Waals surface area contributed by atoms with Crippen LogP contribution in [0.1, 0.15) is 39.5 Å². The second-order valence-electron chi connectivity index (χ2n) is 6.49. The molecule has 2 aliphatic rings. The van der Waals surface area contributed by atoms with Gasteiger partial charge in [-0.25, -0.2) is 0 Å². The van der Waals surface area contributed by atoms with E-state index in [4.69, 9.17) is 4.74 Å². The molecule has 1 saturated carbocycles. The molecular formula is C14H27ClN2O2. The van der Waals surface area contributed by atoms with Crippen LogP contribution in [-0.4, -0.2) is 38.3 Å². The highest BCUT2D eigenvalue weighted by Crippen LogP contribution is 2.38. The van der Waals surface area contributed by atoms with E-state index in [0.717, 1.165) is 38.8 Å². The van der Waals surface area contributed by atoms with E-state index in [9.17, 15) is 4.79 Å². The summed E-state index contributed by atoms with van der Waals surface area (Å²) in [6.45, 7) is 6.24. The van der Waals surface area contributed by atoms with Crippen LogP contribution in [0.5, 0.6) is 0 Å². The average Bonchev–Trinajstić information content (AvgIpc) is 2.76. The number of amides is 1. The van der Waals surface area contributed by atoms with Crippen LogP contribution in [0.25, 0.3) is 0 Å². The van der Waals surface area contributed by atoms with Crippen LogP contribution in [0, 0.1) is 11.3 Å². The van der Waals surface area contributed by atoms with Crippen LogP contribution in [0.3, 0.4) is 0 Å². The highest BCUT2D eigenvalue weighted by atomic mass is 35.5. The molecule has 19 heavy (non-hydrogen) atoms. The van der Waals surface area contributed by atoms with Crippen molar-refractivity contribution in [3.63, 3.8) is 0 Å². The smallest absolute Gasteiger partial charge is 0.223 e. The van der Waals surface area contributed by atoms with E-state index in [0.29, 0.717) is 5.41 Å². The lowest BCUT2D eigenvalue weighted by molar-refractivity contribution is -0.128. The molecule has 112 valence electrons. The van der Waals surface area contributed by atoms with Crippen molar-refractivity contribution < 1.29 is 9.53 Å². The Balaban J connectivity index is 0.00000180. The Labute approximate surface area is 122 Å². The van der Waals surface area contributed by atoms with Gasteiger partial charge in [0.2, 0.25) is 5.91 Å². The molecule has 1 heterocycles. The van der Waals surface area contributed by atoms with Gasteiger partial charge in [-0.15, -0.1) is 12.4 Å². The fraction of sp³-hybridized carbons (Fsp3) is 0.929. The third kappa shape index (κ3) is 4.33. The summed E-state index contributed by atoms with van der Waals surface area (Å²) >= 11 is 0. The Morgan fingerprint density at radius 3 is 2.47 bits per heavy atom. The number of halogens is 1. The number of nitrogens with one attached hydrogen (secondary N) is 2. The first kappa shape index (κ1) is 16.7. The molecule has 1 aliphatic heterocycles. The fourth-order valence-corrected chi connectivity index (χ4v) is 3.01. The summed E-state index contributed by atoms with van der Waals surface area (Å²) in [6, 6.07) is 0.137. The SMILES string of the molecule is CO[C@H]1CNCC1NC(=O)C1CCC(C)(C)CC1.Cl. The summed E-state index contributed by atoms with van der Waals surface area (Å²) in [7, 11) is 1.71. The lowest BCUT2D eigenvalue weighted by Crippen LogP contribution is -2.46. The predicted molar refractivity (Wildman–Crippen MR) is 78.6 cm³/mol. The van der Waals surface area contributed by atoms with Crippen LogP contribution < -0.4 is 10.6 Å². The minimum atomic E-state index is 0. The first-order valence-electron chi connectivity index (χ1n) is 7.06. The van der Waals surface area contributed by atoms with E-state index in [1.165, 1.54) is 0 Å². The molecule has 1 unspecified atom stereocenters. The maximum absolute atomic E-state index is 12.2. The van der Waals surface area contributed by atoms with Gasteiger partial charge in [-0.1, -0.05) is 13.8 Å². The predicted octanol–water partition coefficient (Wildman–Crippen LogP) is 1.73. The number of hydrogen-bond donors (Lipinski definition) is 2. The monoisotopic (exact) mass is 290 g/mol. The molecule has 1 aliphatic carbocycles. The van der Waals surface area contributed by atoms with Crippen molar-refractivity contribution in [2.45, 2.75) is 51.7 Å². The third-order valence-corrected chi connectivity index (χ3v) is 4.50. The summed E-state index contributed by atoms with van der Waals surface area (Å²) in [5.41, 5.74) is 0.417. The van der Waals surface area contributed by atoms with E-state index in [2.05, 4.69) is 24.5 Å². The Kier molecular flexibility index (Phi) is 6.09. The molecule has 0 bridgehead atoms. The molecule has 4 nitrogen and oxygen atoms in total. The first-order chi connectivity index (χ1) is 8.52. The standard InChI is InChI=1S/C14H26N2O2.ClH/c1-14(2)6-4-10(5-7-14)13(17)16-11-8-15-9-12(11)18-3;/h10-12,15H,4-9H2,1-3H3,(H,16,17);1H/t11?,12-;/m0./s1. The van der Waals surface area contributed by atoms with Gasteiger partial charge in [0, 0.05) is 26.1 Å². The van der Waals surface area contributed by atoms with Crippen molar-refractivity contribution in [2.75, 3.05) is 20.2 Å². The van der Waals surface area contributed by atoms with E-state index in [1.807, 2.05) is 0 Å². The molecule has 2 atom stereocenters. The van der Waals surface area contributed by atoms with Crippen molar-refractivity contribution in [3.05, 3.63) is 0 Å². The maximum Gasteiger partial charge on any atom is 0.223 e. The molecule has 0 spiro atoms. The zero-order valence-electron chi connectivity index (χ0n) is 12.2. The topological polar surface area (TPSA) is 50.4 Å². The Bertz CT molecular complexity index is 300. The van der Waals surface area contributed by atoms with Gasteiger partial charge in [0.1, 0.15) is 0 Å². The van der Waals surface area contributed by atoms with Gasteiger partial charge < -0.3 is 15.4 Å². The quantitative estimate of drug-likeness (QED) is 0.832. The molecule has 2 rings (SSSR count). The van der Waals surface area contributed by atoms with Gasteiger partial charge in [0.05, 0.1) is 12.1 Å². The lowest BCUT2D eigenvalue weighted by atomic mass is 9.73. The Morgan fingerprint density at radius 1 is 1.26 bits per heavy atom. The molecular weight excluding hydrogens is 264 g/mol. The van der Waals surface area contributed by atoms with Gasteiger partial charge in [-0.3, -0.25) is 4.79 Å². The minimum absolute atomic E-state index is 0. The summed E-state index contributed by atoms with van der Waals surface area (Å²) in [4.78, 5) is 12.2. The molecule has 0 radical (unpaired) electrons. The number of hydrogen-bond acceptors (Lipinski definition) is 3. The Hall–Kier alpha value is -0.320. The molecule has 2 fully saturated rings. The Morgan fingerprint density at radius 2 is 1.89 bits per heavy atom. The molecule has 2 N–H and O–H groups in total. The van der Waals surface area contributed by atoms with Crippen LogP contribution in [0.2, 0.25) is 0 Å².